The van der Waals surface area contributed by atoms with Gasteiger partial charge in [-0.05, 0) is 52.8 Å². The van der Waals surface area contributed by atoms with Crippen molar-refractivity contribution < 1.29 is 19.0 Å². The summed E-state index contributed by atoms with van der Waals surface area (Å²) in [5.74, 6) is -0.522. The second-order valence-electron chi connectivity index (χ2n) is 3.44. The fourth-order valence-electron chi connectivity index (χ4n) is 1.28. The standard InChI is InChI=1S/C11H13FINO3/c12-3-4-17-8-1-2-9(13)7(5-8)6-10(14)11(15)16/h1-2,5,10H,3-4,6,14H2,(H,15,16). The van der Waals surface area contributed by atoms with E-state index in [4.69, 9.17) is 15.6 Å². The maximum Gasteiger partial charge on any atom is 0.320 e. The van der Waals surface area contributed by atoms with E-state index in [1.165, 1.54) is 0 Å². The lowest BCUT2D eigenvalue weighted by molar-refractivity contribution is -0.138. The van der Waals surface area contributed by atoms with Crippen LogP contribution < -0.4 is 10.5 Å². The number of carbonyl (C=O) groups is 1. The summed E-state index contributed by atoms with van der Waals surface area (Å²) in [4.78, 5) is 10.7. The molecule has 1 aromatic rings. The van der Waals surface area contributed by atoms with Crippen LogP contribution in [0.2, 0.25) is 0 Å². The van der Waals surface area contributed by atoms with E-state index in [0.29, 0.717) is 5.75 Å². The fraction of sp³-hybridized carbons (Fsp3) is 0.364. The molecule has 1 atom stereocenters. The summed E-state index contributed by atoms with van der Waals surface area (Å²) in [5.41, 5.74) is 6.25. The number of carboxylic acids is 1. The lowest BCUT2D eigenvalue weighted by Crippen LogP contribution is -2.32. The molecule has 4 nitrogen and oxygen atoms in total. The molecule has 17 heavy (non-hydrogen) atoms. The minimum atomic E-state index is -1.05. The highest BCUT2D eigenvalue weighted by atomic mass is 127. The van der Waals surface area contributed by atoms with Gasteiger partial charge in [-0.1, -0.05) is 0 Å². The predicted octanol–water partition coefficient (Wildman–Crippen LogP) is 1.59. The van der Waals surface area contributed by atoms with E-state index in [-0.39, 0.29) is 13.0 Å². The Bertz CT molecular complexity index is 400. The monoisotopic (exact) mass is 353 g/mol. The zero-order valence-corrected chi connectivity index (χ0v) is 11.2. The van der Waals surface area contributed by atoms with Crippen molar-refractivity contribution in [3.05, 3.63) is 27.3 Å². The van der Waals surface area contributed by atoms with Crippen LogP contribution >= 0.6 is 22.6 Å². The van der Waals surface area contributed by atoms with E-state index in [1.54, 1.807) is 18.2 Å². The molecule has 0 heterocycles. The molecule has 94 valence electrons. The third-order valence-electron chi connectivity index (χ3n) is 2.12. The van der Waals surface area contributed by atoms with Crippen LogP contribution in [0.1, 0.15) is 5.56 Å². The molecule has 0 saturated heterocycles. The van der Waals surface area contributed by atoms with Crippen LogP contribution in [0.25, 0.3) is 0 Å². The SMILES string of the molecule is NC(Cc1cc(OCCF)ccc1I)C(=O)O. The van der Waals surface area contributed by atoms with Gasteiger partial charge in [-0.15, -0.1) is 0 Å². The highest BCUT2D eigenvalue weighted by Crippen LogP contribution is 2.20. The molecule has 6 heteroatoms. The zero-order chi connectivity index (χ0) is 12.8. The fourth-order valence-corrected chi connectivity index (χ4v) is 1.83. The van der Waals surface area contributed by atoms with E-state index in [2.05, 4.69) is 22.6 Å². The average molecular weight is 353 g/mol. The van der Waals surface area contributed by atoms with E-state index >= 15 is 0 Å². The van der Waals surface area contributed by atoms with Gasteiger partial charge in [0.25, 0.3) is 0 Å². The normalized spacial score (nSPS) is 12.2. The summed E-state index contributed by atoms with van der Waals surface area (Å²) >= 11 is 2.09. The van der Waals surface area contributed by atoms with Gasteiger partial charge < -0.3 is 15.6 Å². The van der Waals surface area contributed by atoms with Crippen molar-refractivity contribution in [3.8, 4) is 5.75 Å². The Morgan fingerprint density at radius 2 is 2.29 bits per heavy atom. The number of aliphatic carboxylic acids is 1. The van der Waals surface area contributed by atoms with Crippen molar-refractivity contribution >= 4 is 28.6 Å². The molecule has 0 aliphatic heterocycles. The van der Waals surface area contributed by atoms with Crippen molar-refractivity contribution in [2.45, 2.75) is 12.5 Å². The minimum absolute atomic E-state index is 0.00891. The van der Waals surface area contributed by atoms with Crippen LogP contribution in [0.5, 0.6) is 5.75 Å². The van der Waals surface area contributed by atoms with Gasteiger partial charge in [-0.3, -0.25) is 4.79 Å². The second kappa shape index (κ2) is 6.75. The van der Waals surface area contributed by atoms with Crippen molar-refractivity contribution in [1.82, 2.24) is 0 Å². The van der Waals surface area contributed by atoms with Gasteiger partial charge >= 0.3 is 5.97 Å². The molecule has 1 aromatic carbocycles. The number of benzene rings is 1. The van der Waals surface area contributed by atoms with Crippen LogP contribution in [-0.4, -0.2) is 30.4 Å². The van der Waals surface area contributed by atoms with Crippen LogP contribution in [0.4, 0.5) is 4.39 Å². The lowest BCUT2D eigenvalue weighted by atomic mass is 10.1. The number of halogens is 2. The third kappa shape index (κ3) is 4.47. The van der Waals surface area contributed by atoms with Gasteiger partial charge in [0.1, 0.15) is 25.1 Å². The van der Waals surface area contributed by atoms with Gasteiger partial charge in [0.15, 0.2) is 0 Å². The molecular weight excluding hydrogens is 340 g/mol. The average Bonchev–Trinajstić information content (AvgIpc) is 2.29. The molecule has 0 aliphatic carbocycles. The van der Waals surface area contributed by atoms with Crippen LogP contribution in [0, 0.1) is 3.57 Å². The third-order valence-corrected chi connectivity index (χ3v) is 3.17. The number of nitrogens with two attached hydrogens (primary N) is 1. The number of carboxylic acid groups (broad SMARTS) is 1. The molecule has 0 bridgehead atoms. The highest BCUT2D eigenvalue weighted by molar-refractivity contribution is 14.1. The second-order valence-corrected chi connectivity index (χ2v) is 4.60. The molecule has 0 amide bonds. The van der Waals surface area contributed by atoms with Gasteiger partial charge in [-0.2, -0.15) is 0 Å². The van der Waals surface area contributed by atoms with Crippen molar-refractivity contribution in [2.75, 3.05) is 13.3 Å². The molecule has 0 aliphatic rings. The molecule has 0 saturated carbocycles. The number of hydrogen-bond donors (Lipinski definition) is 2. The van der Waals surface area contributed by atoms with Crippen LogP contribution in [0.15, 0.2) is 18.2 Å². The van der Waals surface area contributed by atoms with Crippen molar-refractivity contribution in [3.63, 3.8) is 0 Å². The Morgan fingerprint density at radius 1 is 1.59 bits per heavy atom. The summed E-state index contributed by atoms with van der Waals surface area (Å²) in [6.45, 7) is -0.568. The maximum atomic E-state index is 12.0. The Kier molecular flexibility index (Phi) is 5.63. The summed E-state index contributed by atoms with van der Waals surface area (Å²) in [7, 11) is 0. The Morgan fingerprint density at radius 3 is 2.88 bits per heavy atom. The molecule has 0 spiro atoms. The van der Waals surface area contributed by atoms with Gasteiger partial charge in [0, 0.05) is 3.57 Å². The van der Waals surface area contributed by atoms with Gasteiger partial charge in [0.2, 0.25) is 0 Å². The van der Waals surface area contributed by atoms with E-state index in [1.807, 2.05) is 0 Å². The van der Waals surface area contributed by atoms with Crippen LogP contribution in [-0.2, 0) is 11.2 Å². The van der Waals surface area contributed by atoms with E-state index < -0.39 is 18.7 Å². The molecule has 0 aromatic heterocycles. The zero-order valence-electron chi connectivity index (χ0n) is 9.03. The molecule has 1 rings (SSSR count). The summed E-state index contributed by atoms with van der Waals surface area (Å²) in [5, 5.41) is 8.74. The molecule has 0 fully saturated rings. The Balaban J connectivity index is 2.79. The first-order chi connectivity index (χ1) is 8.04. The Hall–Kier alpha value is -0.890. The summed E-state index contributed by atoms with van der Waals surface area (Å²) in [6, 6.07) is 4.26. The lowest BCUT2D eigenvalue weighted by Gasteiger charge is -2.11. The minimum Gasteiger partial charge on any atom is -0.491 e. The highest BCUT2D eigenvalue weighted by Gasteiger charge is 2.14. The molecular formula is C11H13FINO3. The largest absolute Gasteiger partial charge is 0.491 e. The predicted molar refractivity (Wildman–Crippen MR) is 69.9 cm³/mol. The number of hydrogen-bond acceptors (Lipinski definition) is 3. The van der Waals surface area contributed by atoms with Gasteiger partial charge in [0.05, 0.1) is 0 Å². The summed E-state index contributed by atoms with van der Waals surface area (Å²) < 4.78 is 18.0. The van der Waals surface area contributed by atoms with Crippen molar-refractivity contribution in [2.24, 2.45) is 5.73 Å². The number of rotatable bonds is 6. The number of ether oxygens (including phenoxy) is 1. The first-order valence-electron chi connectivity index (χ1n) is 5.00. The smallest absolute Gasteiger partial charge is 0.320 e. The quantitative estimate of drug-likeness (QED) is 0.762. The van der Waals surface area contributed by atoms with E-state index in [0.717, 1.165) is 9.13 Å². The molecule has 1 unspecified atom stereocenters. The van der Waals surface area contributed by atoms with Crippen LogP contribution in [0.3, 0.4) is 0 Å². The van der Waals surface area contributed by atoms with E-state index in [9.17, 15) is 9.18 Å². The van der Waals surface area contributed by atoms with Gasteiger partial charge in [-0.25, -0.2) is 4.39 Å². The first-order valence-corrected chi connectivity index (χ1v) is 6.08. The Labute approximate surface area is 112 Å². The molecule has 0 radical (unpaired) electrons. The summed E-state index contributed by atoms with van der Waals surface area (Å²) in [6.07, 6.45) is 0.223. The first kappa shape index (κ1) is 14.2. The number of alkyl halides is 1. The van der Waals surface area contributed by atoms with Crippen molar-refractivity contribution in [1.29, 1.82) is 0 Å². The molecule has 3 N–H and O–H groups in total. The maximum absolute atomic E-state index is 12.0. The topological polar surface area (TPSA) is 72.5 Å².